The standard InChI is InChI=1S/C12H12ClNO/c1-8-7-10(14-12(8)15)11(13)9-5-3-2-4-6-9/h2-6,8H,7H2,1H3,(H,14,15)/b11-10-. The second kappa shape index (κ2) is 4.07. The molecule has 0 aliphatic carbocycles. The number of carbonyl (C=O) groups is 1. The Bertz CT molecular complexity index is 411. The minimum absolute atomic E-state index is 0.0254. The second-order valence-corrected chi connectivity index (χ2v) is 4.13. The average molecular weight is 222 g/mol. The van der Waals surface area contributed by atoms with E-state index in [0.29, 0.717) is 11.5 Å². The molecule has 0 aromatic heterocycles. The fraction of sp³-hybridized carbons (Fsp3) is 0.250. The molecule has 1 aromatic carbocycles. The van der Waals surface area contributed by atoms with Crippen LogP contribution in [0, 0.1) is 5.92 Å². The van der Waals surface area contributed by atoms with Crippen LogP contribution in [0.3, 0.4) is 0 Å². The van der Waals surface area contributed by atoms with Crippen molar-refractivity contribution in [2.24, 2.45) is 5.92 Å². The minimum Gasteiger partial charge on any atom is -0.328 e. The van der Waals surface area contributed by atoms with E-state index in [1.807, 2.05) is 37.3 Å². The molecule has 1 unspecified atom stereocenters. The van der Waals surface area contributed by atoms with E-state index >= 15 is 0 Å². The molecular weight excluding hydrogens is 210 g/mol. The summed E-state index contributed by atoms with van der Waals surface area (Å²) in [6.07, 6.45) is 0.701. The zero-order valence-electron chi connectivity index (χ0n) is 8.46. The summed E-state index contributed by atoms with van der Waals surface area (Å²) in [5, 5.41) is 3.46. The van der Waals surface area contributed by atoms with Gasteiger partial charge in [0.2, 0.25) is 5.91 Å². The van der Waals surface area contributed by atoms with Crippen LogP contribution in [-0.2, 0) is 4.79 Å². The smallest absolute Gasteiger partial charge is 0.227 e. The Morgan fingerprint density at radius 1 is 1.40 bits per heavy atom. The maximum absolute atomic E-state index is 11.3. The highest BCUT2D eigenvalue weighted by Gasteiger charge is 2.25. The molecule has 1 heterocycles. The molecule has 3 heteroatoms. The Morgan fingerprint density at radius 3 is 2.60 bits per heavy atom. The number of halogens is 1. The first kappa shape index (κ1) is 10.2. The zero-order chi connectivity index (χ0) is 10.8. The Morgan fingerprint density at radius 2 is 2.07 bits per heavy atom. The van der Waals surface area contributed by atoms with Gasteiger partial charge in [-0.05, 0) is 5.56 Å². The highest BCUT2D eigenvalue weighted by atomic mass is 35.5. The van der Waals surface area contributed by atoms with Crippen molar-refractivity contribution in [2.45, 2.75) is 13.3 Å². The van der Waals surface area contributed by atoms with Crippen LogP contribution < -0.4 is 5.32 Å². The van der Waals surface area contributed by atoms with Crippen LogP contribution in [0.1, 0.15) is 18.9 Å². The molecule has 1 aliphatic rings. The van der Waals surface area contributed by atoms with Gasteiger partial charge in [-0.1, -0.05) is 48.9 Å². The molecule has 0 spiro atoms. The topological polar surface area (TPSA) is 29.1 Å². The highest BCUT2D eigenvalue weighted by molar-refractivity contribution is 6.49. The Kier molecular flexibility index (Phi) is 2.78. The monoisotopic (exact) mass is 221 g/mol. The first-order chi connectivity index (χ1) is 7.18. The van der Waals surface area contributed by atoms with Crippen LogP contribution in [0.5, 0.6) is 0 Å². The summed E-state index contributed by atoms with van der Waals surface area (Å²) in [6.45, 7) is 1.90. The molecule has 2 nitrogen and oxygen atoms in total. The molecule has 0 radical (unpaired) electrons. The Balaban J connectivity index is 2.32. The lowest BCUT2D eigenvalue weighted by Crippen LogP contribution is -2.16. The molecule has 1 atom stereocenters. The van der Waals surface area contributed by atoms with Crippen LogP contribution in [-0.4, -0.2) is 5.91 Å². The summed E-state index contributed by atoms with van der Waals surface area (Å²) in [7, 11) is 0. The third-order valence-electron chi connectivity index (χ3n) is 2.52. The molecule has 0 bridgehead atoms. The predicted octanol–water partition coefficient (Wildman–Crippen LogP) is 2.75. The molecule has 15 heavy (non-hydrogen) atoms. The fourth-order valence-electron chi connectivity index (χ4n) is 1.63. The summed E-state index contributed by atoms with van der Waals surface area (Å²) in [5.41, 5.74) is 1.78. The van der Waals surface area contributed by atoms with Gasteiger partial charge in [0.15, 0.2) is 0 Å². The molecule has 78 valence electrons. The van der Waals surface area contributed by atoms with E-state index in [4.69, 9.17) is 11.6 Å². The molecule has 1 saturated heterocycles. The van der Waals surface area contributed by atoms with Crippen molar-refractivity contribution >= 4 is 22.5 Å². The SMILES string of the molecule is CC1C/C(=C(/Cl)c2ccccc2)NC1=O. The van der Waals surface area contributed by atoms with Gasteiger partial charge in [0, 0.05) is 18.0 Å². The van der Waals surface area contributed by atoms with E-state index in [2.05, 4.69) is 5.32 Å². The summed E-state index contributed by atoms with van der Waals surface area (Å²) in [6, 6.07) is 9.67. The lowest BCUT2D eigenvalue weighted by Gasteiger charge is -2.03. The highest BCUT2D eigenvalue weighted by Crippen LogP contribution is 2.29. The average Bonchev–Trinajstić information content (AvgIpc) is 2.59. The van der Waals surface area contributed by atoms with Crippen molar-refractivity contribution in [3.8, 4) is 0 Å². The first-order valence-electron chi connectivity index (χ1n) is 4.93. The van der Waals surface area contributed by atoms with Crippen LogP contribution in [0.4, 0.5) is 0 Å². The number of benzene rings is 1. The van der Waals surface area contributed by atoms with Crippen LogP contribution >= 0.6 is 11.6 Å². The molecule has 2 rings (SSSR count). The third kappa shape index (κ3) is 2.05. The van der Waals surface area contributed by atoms with E-state index < -0.39 is 0 Å². The molecule has 1 amide bonds. The number of hydrogen-bond donors (Lipinski definition) is 1. The maximum Gasteiger partial charge on any atom is 0.227 e. The van der Waals surface area contributed by atoms with E-state index in [-0.39, 0.29) is 11.8 Å². The largest absolute Gasteiger partial charge is 0.328 e. The van der Waals surface area contributed by atoms with Crippen LogP contribution in [0.25, 0.3) is 5.03 Å². The number of allylic oxidation sites excluding steroid dienone is 1. The number of carbonyl (C=O) groups excluding carboxylic acids is 1. The van der Waals surface area contributed by atoms with E-state index in [9.17, 15) is 4.79 Å². The molecule has 1 aliphatic heterocycles. The number of hydrogen-bond acceptors (Lipinski definition) is 1. The van der Waals surface area contributed by atoms with E-state index in [1.54, 1.807) is 0 Å². The maximum atomic E-state index is 11.3. The minimum atomic E-state index is 0.0254. The van der Waals surface area contributed by atoms with Crippen molar-refractivity contribution in [1.82, 2.24) is 5.32 Å². The summed E-state index contributed by atoms with van der Waals surface area (Å²) >= 11 is 6.21. The van der Waals surface area contributed by atoms with Gasteiger partial charge in [-0.25, -0.2) is 0 Å². The fourth-order valence-corrected chi connectivity index (χ4v) is 1.88. The number of rotatable bonds is 1. The Hall–Kier alpha value is -1.28. The van der Waals surface area contributed by atoms with Gasteiger partial charge in [0.05, 0.1) is 5.03 Å². The van der Waals surface area contributed by atoms with Gasteiger partial charge in [-0.2, -0.15) is 0 Å². The Labute approximate surface area is 93.9 Å². The van der Waals surface area contributed by atoms with E-state index in [0.717, 1.165) is 11.3 Å². The van der Waals surface area contributed by atoms with Crippen molar-refractivity contribution in [3.05, 3.63) is 41.6 Å². The molecule has 0 saturated carbocycles. The molecular formula is C12H12ClNO. The van der Waals surface area contributed by atoms with E-state index in [1.165, 1.54) is 0 Å². The van der Waals surface area contributed by atoms with Crippen molar-refractivity contribution in [1.29, 1.82) is 0 Å². The van der Waals surface area contributed by atoms with Crippen LogP contribution in [0.2, 0.25) is 0 Å². The van der Waals surface area contributed by atoms with Crippen molar-refractivity contribution in [2.75, 3.05) is 0 Å². The normalized spacial score (nSPS) is 23.9. The molecule has 1 aromatic rings. The lowest BCUT2D eigenvalue weighted by molar-refractivity contribution is -0.121. The zero-order valence-corrected chi connectivity index (χ0v) is 9.21. The molecule has 1 fully saturated rings. The summed E-state index contributed by atoms with van der Waals surface area (Å²) in [5.74, 6) is 0.0801. The summed E-state index contributed by atoms with van der Waals surface area (Å²) < 4.78 is 0. The van der Waals surface area contributed by atoms with Crippen molar-refractivity contribution < 1.29 is 4.79 Å². The van der Waals surface area contributed by atoms with Gasteiger partial charge in [-0.3, -0.25) is 4.79 Å². The van der Waals surface area contributed by atoms with Crippen molar-refractivity contribution in [3.63, 3.8) is 0 Å². The van der Waals surface area contributed by atoms with Gasteiger partial charge < -0.3 is 5.32 Å². The third-order valence-corrected chi connectivity index (χ3v) is 2.97. The van der Waals surface area contributed by atoms with Gasteiger partial charge >= 0.3 is 0 Å². The van der Waals surface area contributed by atoms with Crippen LogP contribution in [0.15, 0.2) is 36.0 Å². The summed E-state index contributed by atoms with van der Waals surface area (Å²) in [4.78, 5) is 11.3. The number of amides is 1. The van der Waals surface area contributed by atoms with Gasteiger partial charge in [0.25, 0.3) is 0 Å². The van der Waals surface area contributed by atoms with Gasteiger partial charge in [-0.15, -0.1) is 0 Å². The quantitative estimate of drug-likeness (QED) is 0.776. The lowest BCUT2D eigenvalue weighted by atomic mass is 10.1. The number of nitrogens with one attached hydrogen (secondary N) is 1. The first-order valence-corrected chi connectivity index (χ1v) is 5.31. The van der Waals surface area contributed by atoms with Gasteiger partial charge in [0.1, 0.15) is 0 Å². The predicted molar refractivity (Wildman–Crippen MR) is 61.1 cm³/mol. The second-order valence-electron chi connectivity index (χ2n) is 3.75. The molecule has 1 N–H and O–H groups in total.